The third-order valence-electron chi connectivity index (χ3n) is 7.33. The van der Waals surface area contributed by atoms with Gasteiger partial charge in [-0.3, -0.25) is 19.7 Å². The van der Waals surface area contributed by atoms with E-state index < -0.39 is 6.04 Å². The maximum absolute atomic E-state index is 12.9. The molecule has 2 N–H and O–H groups in total. The predicted molar refractivity (Wildman–Crippen MR) is 125 cm³/mol. The Bertz CT molecular complexity index is 1050. The Kier molecular flexibility index (Phi) is 6.27. The molecule has 2 aromatic carbocycles. The van der Waals surface area contributed by atoms with Crippen molar-refractivity contribution in [2.24, 2.45) is 5.92 Å². The lowest BCUT2D eigenvalue weighted by Gasteiger charge is -2.30. The smallest absolute Gasteiger partial charge is 0.255 e. The lowest BCUT2D eigenvalue weighted by Crippen LogP contribution is -2.52. The first-order valence-corrected chi connectivity index (χ1v) is 12.1. The molecule has 2 aliphatic heterocycles. The van der Waals surface area contributed by atoms with E-state index in [2.05, 4.69) is 47.0 Å². The molecule has 1 saturated carbocycles. The van der Waals surface area contributed by atoms with Crippen LogP contribution in [-0.4, -0.2) is 34.7 Å². The Balaban J connectivity index is 1.18. The number of amides is 3. The van der Waals surface area contributed by atoms with Crippen LogP contribution in [0.5, 0.6) is 0 Å². The first-order valence-electron chi connectivity index (χ1n) is 12.1. The van der Waals surface area contributed by atoms with Crippen molar-refractivity contribution >= 4 is 17.7 Å². The molecule has 5 rings (SSSR count). The highest BCUT2D eigenvalue weighted by Crippen LogP contribution is 2.30. The van der Waals surface area contributed by atoms with E-state index in [1.54, 1.807) is 4.90 Å². The number of piperidine rings is 1. The fourth-order valence-corrected chi connectivity index (χ4v) is 5.61. The zero-order valence-corrected chi connectivity index (χ0v) is 18.9. The second-order valence-corrected chi connectivity index (χ2v) is 9.69. The number of nitrogens with zero attached hydrogens (tertiary/aromatic N) is 1. The molecular weight excluding hydrogens is 414 g/mol. The maximum atomic E-state index is 12.9. The Morgan fingerprint density at radius 1 is 0.970 bits per heavy atom. The SMILES string of the molecule is O=C1CCC(N2Cc3cc(CN[C@H]4CCC[C@@H](Cc5ccccc5)C4)ccc3C2=O)C(=O)N1. The molecule has 3 atom stereocenters. The Morgan fingerprint density at radius 3 is 2.64 bits per heavy atom. The quantitative estimate of drug-likeness (QED) is 0.669. The molecule has 3 amide bonds. The van der Waals surface area contributed by atoms with Crippen molar-refractivity contribution in [3.05, 3.63) is 70.8 Å². The molecule has 6 heteroatoms. The zero-order chi connectivity index (χ0) is 22.8. The summed E-state index contributed by atoms with van der Waals surface area (Å²) in [5.74, 6) is -0.0208. The number of benzene rings is 2. The summed E-state index contributed by atoms with van der Waals surface area (Å²) in [5, 5.41) is 6.10. The second kappa shape index (κ2) is 9.48. The summed E-state index contributed by atoms with van der Waals surface area (Å²) in [5.41, 5.74) is 4.22. The minimum Gasteiger partial charge on any atom is -0.322 e. The van der Waals surface area contributed by atoms with Crippen molar-refractivity contribution in [1.29, 1.82) is 0 Å². The number of carbonyl (C=O) groups is 3. The van der Waals surface area contributed by atoms with Gasteiger partial charge in [0, 0.05) is 31.1 Å². The average molecular weight is 446 g/mol. The van der Waals surface area contributed by atoms with Crippen LogP contribution in [0.25, 0.3) is 0 Å². The topological polar surface area (TPSA) is 78.5 Å². The molecular formula is C27H31N3O3. The highest BCUT2D eigenvalue weighted by atomic mass is 16.2. The second-order valence-electron chi connectivity index (χ2n) is 9.69. The van der Waals surface area contributed by atoms with Crippen LogP contribution in [0.1, 0.15) is 65.6 Å². The van der Waals surface area contributed by atoms with Gasteiger partial charge in [-0.1, -0.05) is 55.3 Å². The largest absolute Gasteiger partial charge is 0.322 e. The fraction of sp³-hybridized carbons (Fsp3) is 0.444. The highest BCUT2D eigenvalue weighted by Gasteiger charge is 2.39. The van der Waals surface area contributed by atoms with E-state index in [1.165, 1.54) is 31.2 Å². The molecule has 172 valence electrons. The third kappa shape index (κ3) is 4.86. The van der Waals surface area contributed by atoms with Gasteiger partial charge in [-0.15, -0.1) is 0 Å². The van der Waals surface area contributed by atoms with Crippen LogP contribution in [0.15, 0.2) is 48.5 Å². The number of nitrogens with one attached hydrogen (secondary N) is 2. The number of rotatable bonds is 6. The number of imide groups is 1. The zero-order valence-electron chi connectivity index (χ0n) is 18.9. The van der Waals surface area contributed by atoms with Gasteiger partial charge in [0.2, 0.25) is 11.8 Å². The maximum Gasteiger partial charge on any atom is 0.255 e. The lowest BCUT2D eigenvalue weighted by atomic mass is 9.82. The van der Waals surface area contributed by atoms with Gasteiger partial charge in [-0.2, -0.15) is 0 Å². The molecule has 3 aliphatic rings. The molecule has 0 aromatic heterocycles. The molecule has 2 fully saturated rings. The van der Waals surface area contributed by atoms with Gasteiger partial charge in [-0.25, -0.2) is 0 Å². The summed E-state index contributed by atoms with van der Waals surface area (Å²) >= 11 is 0. The van der Waals surface area contributed by atoms with Crippen molar-refractivity contribution in [3.63, 3.8) is 0 Å². The van der Waals surface area contributed by atoms with Gasteiger partial charge in [0.1, 0.15) is 6.04 Å². The van der Waals surface area contributed by atoms with Crippen LogP contribution >= 0.6 is 0 Å². The van der Waals surface area contributed by atoms with Gasteiger partial charge < -0.3 is 10.2 Å². The molecule has 0 bridgehead atoms. The highest BCUT2D eigenvalue weighted by molar-refractivity contribution is 6.05. The van der Waals surface area contributed by atoms with Gasteiger partial charge in [0.25, 0.3) is 5.91 Å². The van der Waals surface area contributed by atoms with Crippen molar-refractivity contribution in [1.82, 2.24) is 15.5 Å². The van der Waals surface area contributed by atoms with Gasteiger partial charge in [0.15, 0.2) is 0 Å². The van der Waals surface area contributed by atoms with Crippen LogP contribution in [0, 0.1) is 5.92 Å². The molecule has 1 aliphatic carbocycles. The van der Waals surface area contributed by atoms with Crippen LogP contribution in [0.4, 0.5) is 0 Å². The molecule has 2 heterocycles. The van der Waals surface area contributed by atoms with Gasteiger partial charge in [0.05, 0.1) is 0 Å². The molecule has 33 heavy (non-hydrogen) atoms. The summed E-state index contributed by atoms with van der Waals surface area (Å²) in [6, 6.07) is 16.7. The van der Waals surface area contributed by atoms with E-state index in [-0.39, 0.29) is 24.1 Å². The van der Waals surface area contributed by atoms with Gasteiger partial charge in [-0.05, 0) is 54.4 Å². The lowest BCUT2D eigenvalue weighted by molar-refractivity contribution is -0.136. The van der Waals surface area contributed by atoms with Crippen molar-refractivity contribution in [2.45, 2.75) is 70.1 Å². The van der Waals surface area contributed by atoms with E-state index in [0.29, 0.717) is 24.6 Å². The van der Waals surface area contributed by atoms with E-state index in [9.17, 15) is 14.4 Å². The molecule has 2 aromatic rings. The Hall–Kier alpha value is -2.99. The van der Waals surface area contributed by atoms with Gasteiger partial charge >= 0.3 is 0 Å². The van der Waals surface area contributed by atoms with Crippen LogP contribution in [-0.2, 0) is 29.1 Å². The predicted octanol–water partition coefficient (Wildman–Crippen LogP) is 3.34. The summed E-state index contributed by atoms with van der Waals surface area (Å²) < 4.78 is 0. The molecule has 0 radical (unpaired) electrons. The Labute approximate surface area is 194 Å². The summed E-state index contributed by atoms with van der Waals surface area (Å²) in [7, 11) is 0. The van der Waals surface area contributed by atoms with E-state index in [1.807, 2.05) is 12.1 Å². The fourth-order valence-electron chi connectivity index (χ4n) is 5.61. The number of carbonyl (C=O) groups excluding carboxylic acids is 3. The normalized spacial score (nSPS) is 25.2. The molecule has 1 saturated heterocycles. The minimum atomic E-state index is -0.562. The first kappa shape index (κ1) is 21.8. The van der Waals surface area contributed by atoms with Crippen LogP contribution in [0.3, 0.4) is 0 Å². The Morgan fingerprint density at radius 2 is 1.82 bits per heavy atom. The average Bonchev–Trinajstić information content (AvgIpc) is 3.14. The van der Waals surface area contributed by atoms with Crippen molar-refractivity contribution < 1.29 is 14.4 Å². The number of hydrogen-bond donors (Lipinski definition) is 2. The molecule has 6 nitrogen and oxygen atoms in total. The monoisotopic (exact) mass is 445 g/mol. The van der Waals surface area contributed by atoms with Crippen molar-refractivity contribution in [2.75, 3.05) is 0 Å². The summed E-state index contributed by atoms with van der Waals surface area (Å²) in [6.45, 7) is 1.21. The van der Waals surface area contributed by atoms with Crippen LogP contribution < -0.4 is 10.6 Å². The standard InChI is InChI=1S/C27H31N3O3/c31-25-12-11-24(26(32)29-25)30-17-21-14-20(9-10-23(21)27(30)33)16-28-22-8-4-7-19(15-22)13-18-5-2-1-3-6-18/h1-3,5-6,9-10,14,19,22,24,28H,4,7-8,11-13,15-17H2,(H,29,31,32)/t19-,22-,24?/m0/s1. The van der Waals surface area contributed by atoms with E-state index >= 15 is 0 Å². The van der Waals surface area contributed by atoms with Crippen LogP contribution in [0.2, 0.25) is 0 Å². The van der Waals surface area contributed by atoms with E-state index in [4.69, 9.17) is 0 Å². The third-order valence-corrected chi connectivity index (χ3v) is 7.33. The van der Waals surface area contributed by atoms with Crippen molar-refractivity contribution in [3.8, 4) is 0 Å². The first-order chi connectivity index (χ1) is 16.1. The summed E-state index contributed by atoms with van der Waals surface area (Å²) in [6.07, 6.45) is 6.78. The molecule has 0 spiro atoms. The number of hydrogen-bond acceptors (Lipinski definition) is 4. The number of fused-ring (bicyclic) bond motifs is 1. The van der Waals surface area contributed by atoms with E-state index in [0.717, 1.165) is 30.0 Å². The summed E-state index contributed by atoms with van der Waals surface area (Å²) in [4.78, 5) is 38.2. The minimum absolute atomic E-state index is 0.116. The molecule has 1 unspecified atom stereocenters.